The summed E-state index contributed by atoms with van der Waals surface area (Å²) in [7, 11) is 0. The number of nitrogens with one attached hydrogen (secondary N) is 1. The first kappa shape index (κ1) is 13.1. The van der Waals surface area contributed by atoms with Crippen molar-refractivity contribution in [2.45, 2.75) is 18.9 Å². The van der Waals surface area contributed by atoms with E-state index in [1.807, 2.05) is 0 Å². The molecule has 3 aliphatic heterocycles. The highest BCUT2D eigenvalue weighted by Gasteiger charge is 2.34. The molecule has 1 unspecified atom stereocenters. The van der Waals surface area contributed by atoms with Gasteiger partial charge in [-0.3, -0.25) is 9.78 Å². The largest absolute Gasteiger partial charge is 0.506 e. The van der Waals surface area contributed by atoms with Crippen molar-refractivity contribution in [3.05, 3.63) is 30.1 Å². The van der Waals surface area contributed by atoms with Gasteiger partial charge in [0.25, 0.3) is 0 Å². The molecule has 2 bridgehead atoms. The first-order valence-corrected chi connectivity index (χ1v) is 7.05. The summed E-state index contributed by atoms with van der Waals surface area (Å²) < 4.78 is 0. The molecule has 3 fully saturated rings. The molecule has 3 aliphatic rings. The van der Waals surface area contributed by atoms with E-state index in [1.165, 1.54) is 38.2 Å². The smallest absolute Gasteiger partial charge is 0.244 e. The number of piperidine rings is 3. The van der Waals surface area contributed by atoms with Crippen molar-refractivity contribution < 1.29 is 9.90 Å². The van der Waals surface area contributed by atoms with Gasteiger partial charge in [-0.15, -0.1) is 0 Å². The fourth-order valence-electron chi connectivity index (χ4n) is 3.07. The van der Waals surface area contributed by atoms with Crippen LogP contribution in [0.1, 0.15) is 18.4 Å². The van der Waals surface area contributed by atoms with Crippen molar-refractivity contribution in [3.63, 3.8) is 0 Å². The predicted octanol–water partition coefficient (Wildman–Crippen LogP) is 1.01. The number of hydrogen-bond acceptors (Lipinski definition) is 4. The molecule has 0 saturated carbocycles. The summed E-state index contributed by atoms with van der Waals surface area (Å²) in [4.78, 5) is 18.2. The van der Waals surface area contributed by atoms with Crippen molar-refractivity contribution in [3.8, 4) is 5.75 Å². The quantitative estimate of drug-likeness (QED) is 0.807. The van der Waals surface area contributed by atoms with Gasteiger partial charge in [-0.05, 0) is 49.6 Å². The molecule has 0 aromatic carbocycles. The summed E-state index contributed by atoms with van der Waals surface area (Å²) in [6.07, 6.45) is 8.52. The Morgan fingerprint density at radius 1 is 1.40 bits per heavy atom. The average Bonchev–Trinajstić information content (AvgIpc) is 2.46. The first-order chi connectivity index (χ1) is 9.70. The Labute approximate surface area is 118 Å². The van der Waals surface area contributed by atoms with Crippen LogP contribution in [-0.4, -0.2) is 46.6 Å². The van der Waals surface area contributed by atoms with E-state index in [4.69, 9.17) is 0 Å². The topological polar surface area (TPSA) is 65.5 Å². The standard InChI is InChI=1S/C15H19N3O2/c19-13-7-11(8-16-9-13)1-2-15(20)17-14-10-18-5-3-12(14)4-6-18/h1-2,7-9,12,14,19H,3-6,10H2,(H,17,20)/b2-1+. The predicted molar refractivity (Wildman–Crippen MR) is 76.0 cm³/mol. The normalized spacial score (nSPS) is 28.7. The van der Waals surface area contributed by atoms with Crippen LogP contribution < -0.4 is 5.32 Å². The fourth-order valence-corrected chi connectivity index (χ4v) is 3.07. The van der Waals surface area contributed by atoms with E-state index in [2.05, 4.69) is 15.2 Å². The minimum atomic E-state index is -0.0768. The number of pyridine rings is 1. The maximum absolute atomic E-state index is 11.9. The number of hydrogen-bond donors (Lipinski definition) is 2. The van der Waals surface area contributed by atoms with Crippen molar-refractivity contribution in [2.75, 3.05) is 19.6 Å². The average molecular weight is 273 g/mol. The van der Waals surface area contributed by atoms with Gasteiger partial charge in [0.2, 0.25) is 5.91 Å². The zero-order valence-electron chi connectivity index (χ0n) is 11.3. The summed E-state index contributed by atoms with van der Waals surface area (Å²) in [5.41, 5.74) is 0.717. The SMILES string of the molecule is O=C(/C=C/c1cncc(O)c1)NC1CN2CCC1CC2. The third-order valence-corrected chi connectivity index (χ3v) is 4.16. The molecular formula is C15H19N3O2. The molecular weight excluding hydrogens is 254 g/mol. The monoisotopic (exact) mass is 273 g/mol. The van der Waals surface area contributed by atoms with E-state index in [0.29, 0.717) is 11.5 Å². The number of carbonyl (C=O) groups excluding carboxylic acids is 1. The highest BCUT2D eigenvalue weighted by molar-refractivity contribution is 5.91. The van der Waals surface area contributed by atoms with Crippen LogP contribution >= 0.6 is 0 Å². The Bertz CT molecular complexity index is 522. The minimum Gasteiger partial charge on any atom is -0.506 e. The van der Waals surface area contributed by atoms with Crippen LogP contribution in [0.25, 0.3) is 6.08 Å². The van der Waals surface area contributed by atoms with Crippen LogP contribution in [0.2, 0.25) is 0 Å². The van der Waals surface area contributed by atoms with Crippen molar-refractivity contribution in [1.29, 1.82) is 0 Å². The van der Waals surface area contributed by atoms with E-state index in [9.17, 15) is 9.90 Å². The zero-order valence-corrected chi connectivity index (χ0v) is 11.3. The highest BCUT2D eigenvalue weighted by Crippen LogP contribution is 2.27. The second-order valence-corrected chi connectivity index (χ2v) is 5.56. The lowest BCUT2D eigenvalue weighted by Crippen LogP contribution is -2.57. The van der Waals surface area contributed by atoms with Gasteiger partial charge < -0.3 is 15.3 Å². The van der Waals surface area contributed by atoms with Gasteiger partial charge >= 0.3 is 0 Å². The second-order valence-electron chi connectivity index (χ2n) is 5.56. The van der Waals surface area contributed by atoms with Crippen LogP contribution in [0, 0.1) is 5.92 Å². The molecule has 106 valence electrons. The number of rotatable bonds is 3. The molecule has 3 saturated heterocycles. The van der Waals surface area contributed by atoms with Gasteiger partial charge in [0, 0.05) is 24.9 Å². The Kier molecular flexibility index (Phi) is 3.69. The third kappa shape index (κ3) is 2.99. The van der Waals surface area contributed by atoms with Gasteiger partial charge in [0.1, 0.15) is 5.75 Å². The molecule has 1 aromatic rings. The number of aromatic hydroxyl groups is 1. The van der Waals surface area contributed by atoms with E-state index in [-0.39, 0.29) is 17.7 Å². The molecule has 1 amide bonds. The highest BCUT2D eigenvalue weighted by atomic mass is 16.3. The second kappa shape index (κ2) is 5.63. The van der Waals surface area contributed by atoms with Crippen LogP contribution in [0.5, 0.6) is 5.75 Å². The number of fused-ring (bicyclic) bond motifs is 3. The van der Waals surface area contributed by atoms with Gasteiger partial charge in [-0.2, -0.15) is 0 Å². The first-order valence-electron chi connectivity index (χ1n) is 7.05. The number of amides is 1. The Balaban J connectivity index is 1.57. The molecule has 20 heavy (non-hydrogen) atoms. The Hall–Kier alpha value is -1.88. The maximum Gasteiger partial charge on any atom is 0.244 e. The molecule has 5 nitrogen and oxygen atoms in total. The van der Waals surface area contributed by atoms with Crippen LogP contribution in [-0.2, 0) is 4.79 Å². The summed E-state index contributed by atoms with van der Waals surface area (Å²) >= 11 is 0. The van der Waals surface area contributed by atoms with Gasteiger partial charge in [0.05, 0.1) is 6.20 Å². The number of carbonyl (C=O) groups is 1. The lowest BCUT2D eigenvalue weighted by molar-refractivity contribution is -0.118. The molecule has 1 atom stereocenters. The molecule has 0 aliphatic carbocycles. The van der Waals surface area contributed by atoms with Crippen molar-refractivity contribution >= 4 is 12.0 Å². The lowest BCUT2D eigenvalue weighted by atomic mass is 9.84. The molecule has 4 rings (SSSR count). The summed E-state index contributed by atoms with van der Waals surface area (Å²) in [6, 6.07) is 1.85. The van der Waals surface area contributed by atoms with Crippen LogP contribution in [0.3, 0.4) is 0 Å². The maximum atomic E-state index is 11.9. The number of nitrogens with zero attached hydrogens (tertiary/aromatic N) is 2. The Morgan fingerprint density at radius 3 is 2.85 bits per heavy atom. The van der Waals surface area contributed by atoms with E-state index < -0.39 is 0 Å². The lowest BCUT2D eigenvalue weighted by Gasteiger charge is -2.44. The van der Waals surface area contributed by atoms with Crippen LogP contribution in [0.4, 0.5) is 0 Å². The summed E-state index contributed by atoms with van der Waals surface area (Å²) in [5.74, 6) is 0.650. The van der Waals surface area contributed by atoms with E-state index >= 15 is 0 Å². The molecule has 2 N–H and O–H groups in total. The molecule has 0 radical (unpaired) electrons. The van der Waals surface area contributed by atoms with Gasteiger partial charge in [-0.25, -0.2) is 0 Å². The molecule has 0 spiro atoms. The van der Waals surface area contributed by atoms with E-state index in [1.54, 1.807) is 18.3 Å². The van der Waals surface area contributed by atoms with Crippen molar-refractivity contribution in [1.82, 2.24) is 15.2 Å². The zero-order chi connectivity index (χ0) is 13.9. The van der Waals surface area contributed by atoms with E-state index in [0.717, 1.165) is 6.54 Å². The Morgan fingerprint density at radius 2 is 2.20 bits per heavy atom. The molecule has 1 aromatic heterocycles. The van der Waals surface area contributed by atoms with Crippen molar-refractivity contribution in [2.24, 2.45) is 5.92 Å². The van der Waals surface area contributed by atoms with Crippen LogP contribution in [0.15, 0.2) is 24.5 Å². The minimum absolute atomic E-state index is 0.0768. The third-order valence-electron chi connectivity index (χ3n) is 4.16. The summed E-state index contributed by atoms with van der Waals surface area (Å²) in [6.45, 7) is 3.31. The number of aromatic nitrogens is 1. The fraction of sp³-hybridized carbons (Fsp3) is 0.467. The van der Waals surface area contributed by atoms with Gasteiger partial charge in [0.15, 0.2) is 0 Å². The molecule has 5 heteroatoms. The van der Waals surface area contributed by atoms with Gasteiger partial charge in [-0.1, -0.05) is 0 Å². The molecule has 4 heterocycles. The summed E-state index contributed by atoms with van der Waals surface area (Å²) in [5, 5.41) is 12.4.